The Morgan fingerprint density at radius 3 is 1.92 bits per heavy atom. The average Bonchev–Trinajstić information content (AvgIpc) is 3.21. The molecule has 0 saturated carbocycles. The van der Waals surface area contributed by atoms with Crippen molar-refractivity contribution >= 4 is 17.3 Å². The maximum Gasteiger partial charge on any atom is 0.416 e. The average molecular weight is 529 g/mol. The van der Waals surface area contributed by atoms with Gasteiger partial charge in [0.2, 0.25) is 0 Å². The number of piperidine rings is 1. The summed E-state index contributed by atoms with van der Waals surface area (Å²) in [5, 5.41) is 9.56. The lowest BCUT2D eigenvalue weighted by atomic mass is 9.96. The minimum atomic E-state index is -4.52. The predicted octanol–water partition coefficient (Wildman–Crippen LogP) is 7.05. The first kappa shape index (κ1) is 26.2. The summed E-state index contributed by atoms with van der Waals surface area (Å²) in [6.45, 7) is 1.34. The molecule has 11 heteroatoms. The fourth-order valence-corrected chi connectivity index (χ4v) is 5.59. The Balaban J connectivity index is 1.84. The molecule has 0 spiro atoms. The second-order valence-corrected chi connectivity index (χ2v) is 9.70. The monoisotopic (exact) mass is 528 g/mol. The Morgan fingerprint density at radius 2 is 1.42 bits per heavy atom. The van der Waals surface area contributed by atoms with Crippen molar-refractivity contribution < 1.29 is 36.2 Å². The van der Waals surface area contributed by atoms with E-state index in [1.165, 1.54) is 24.3 Å². The first-order valence-corrected chi connectivity index (χ1v) is 12.1. The number of rotatable bonds is 6. The van der Waals surface area contributed by atoms with Crippen LogP contribution in [-0.2, 0) is 23.6 Å². The molecule has 0 amide bonds. The summed E-state index contributed by atoms with van der Waals surface area (Å²) in [5.74, 6) is -1.11. The van der Waals surface area contributed by atoms with Crippen LogP contribution in [0.4, 0.5) is 26.3 Å². The molecule has 192 valence electrons. The van der Waals surface area contributed by atoms with Gasteiger partial charge in [-0.25, -0.2) is 4.98 Å². The molecule has 1 aliphatic rings. The molecule has 1 atom stereocenters. The highest BCUT2D eigenvalue weighted by Gasteiger charge is 2.34. The lowest BCUT2D eigenvalue weighted by Crippen LogP contribution is -2.34. The Labute approximate surface area is 207 Å². The van der Waals surface area contributed by atoms with Crippen molar-refractivity contribution in [3.05, 3.63) is 75.1 Å². The van der Waals surface area contributed by atoms with Crippen molar-refractivity contribution in [2.75, 3.05) is 13.1 Å². The Morgan fingerprint density at radius 1 is 0.889 bits per heavy atom. The maximum atomic E-state index is 13.2. The van der Waals surface area contributed by atoms with Crippen molar-refractivity contribution in [2.45, 2.75) is 44.1 Å². The number of aromatic nitrogens is 1. The summed E-state index contributed by atoms with van der Waals surface area (Å²) in [6.07, 6.45) is -6.62. The van der Waals surface area contributed by atoms with Gasteiger partial charge in [0, 0.05) is 5.56 Å². The molecule has 4 nitrogen and oxygen atoms in total. The van der Waals surface area contributed by atoms with Crippen LogP contribution < -0.4 is 0 Å². The van der Waals surface area contributed by atoms with E-state index in [0.29, 0.717) is 34.8 Å². The number of carboxylic acids is 1. The molecule has 0 aliphatic carbocycles. The van der Waals surface area contributed by atoms with Gasteiger partial charge in [0.15, 0.2) is 0 Å². The van der Waals surface area contributed by atoms with Gasteiger partial charge in [-0.2, -0.15) is 26.3 Å². The van der Waals surface area contributed by atoms with Crippen molar-refractivity contribution in [1.82, 2.24) is 9.88 Å². The summed E-state index contributed by atoms with van der Waals surface area (Å²) < 4.78 is 78.8. The number of hydrogen-bond donors (Lipinski definition) is 1. The van der Waals surface area contributed by atoms with Crippen molar-refractivity contribution in [3.63, 3.8) is 0 Å². The highest BCUT2D eigenvalue weighted by Crippen LogP contribution is 2.42. The highest BCUT2D eigenvalue weighted by atomic mass is 32.1. The third kappa shape index (κ3) is 5.89. The largest absolute Gasteiger partial charge is 0.481 e. The topological polar surface area (TPSA) is 53.4 Å². The molecule has 4 rings (SSSR count). The number of carboxylic acid groups (broad SMARTS) is 1. The van der Waals surface area contributed by atoms with E-state index in [1.807, 2.05) is 0 Å². The number of aliphatic carboxylic acids is 1. The number of carbonyl (C=O) groups is 1. The molecule has 0 radical (unpaired) electrons. The molecule has 1 aliphatic heterocycles. The molecule has 1 N–H and O–H groups in total. The quantitative estimate of drug-likeness (QED) is 0.349. The van der Waals surface area contributed by atoms with Crippen molar-refractivity contribution in [2.24, 2.45) is 0 Å². The van der Waals surface area contributed by atoms with Crippen LogP contribution in [0.5, 0.6) is 0 Å². The number of halogens is 6. The minimum Gasteiger partial charge on any atom is -0.481 e. The predicted molar refractivity (Wildman–Crippen MR) is 123 cm³/mol. The van der Waals surface area contributed by atoms with E-state index >= 15 is 0 Å². The third-order valence-electron chi connectivity index (χ3n) is 6.04. The Hall–Kier alpha value is -2.92. The number of thiazole rings is 1. The molecule has 2 heterocycles. The molecule has 1 aromatic heterocycles. The molecule has 1 fully saturated rings. The van der Waals surface area contributed by atoms with Gasteiger partial charge in [-0.3, -0.25) is 9.69 Å². The van der Waals surface area contributed by atoms with Crippen LogP contribution in [0.1, 0.15) is 51.9 Å². The zero-order chi connectivity index (χ0) is 26.1. The zero-order valence-corrected chi connectivity index (χ0v) is 19.7. The minimum absolute atomic E-state index is 0.265. The van der Waals surface area contributed by atoms with Gasteiger partial charge in [0.05, 0.1) is 34.2 Å². The second-order valence-electron chi connectivity index (χ2n) is 8.59. The van der Waals surface area contributed by atoms with Crippen LogP contribution >= 0.6 is 11.3 Å². The number of alkyl halides is 6. The fourth-order valence-electron chi connectivity index (χ4n) is 4.35. The number of hydrogen-bond acceptors (Lipinski definition) is 4. The number of nitrogens with zero attached hydrogens (tertiary/aromatic N) is 2. The molecular formula is C25H22F6N2O2S. The standard InChI is InChI=1S/C25H22F6N2O2S/c26-24(27,28)17-8-4-15(5-9-17)21-23(36-19(32-21)14-20(34)35)22(33-12-2-1-3-13-33)16-6-10-18(11-7-16)25(29,30)31/h4-11,22H,1-3,12-14H2,(H,34,35). The summed E-state index contributed by atoms with van der Waals surface area (Å²) >= 11 is 1.12. The molecule has 2 aromatic carbocycles. The first-order chi connectivity index (χ1) is 16.9. The van der Waals surface area contributed by atoms with Crippen LogP contribution in [0, 0.1) is 0 Å². The van der Waals surface area contributed by atoms with E-state index in [0.717, 1.165) is 54.9 Å². The normalized spacial score (nSPS) is 16.2. The molecule has 36 heavy (non-hydrogen) atoms. The molecule has 3 aromatic rings. The van der Waals surface area contributed by atoms with Gasteiger partial charge < -0.3 is 5.11 Å². The number of likely N-dealkylation sites (tertiary alicyclic amines) is 1. The van der Waals surface area contributed by atoms with Gasteiger partial charge in [-0.15, -0.1) is 11.3 Å². The lowest BCUT2D eigenvalue weighted by Gasteiger charge is -2.35. The molecule has 1 unspecified atom stereocenters. The number of benzene rings is 2. The van der Waals surface area contributed by atoms with E-state index < -0.39 is 35.5 Å². The van der Waals surface area contributed by atoms with E-state index in [9.17, 15) is 36.2 Å². The molecular weight excluding hydrogens is 506 g/mol. The van der Waals surface area contributed by atoms with Crippen LogP contribution in [0.3, 0.4) is 0 Å². The van der Waals surface area contributed by atoms with Gasteiger partial charge in [-0.1, -0.05) is 30.7 Å². The summed E-state index contributed by atoms with van der Waals surface area (Å²) in [5.41, 5.74) is -0.338. The maximum absolute atomic E-state index is 13.2. The first-order valence-electron chi connectivity index (χ1n) is 11.2. The van der Waals surface area contributed by atoms with Gasteiger partial charge >= 0.3 is 18.3 Å². The third-order valence-corrected chi connectivity index (χ3v) is 7.15. The summed E-state index contributed by atoms with van der Waals surface area (Å²) in [4.78, 5) is 18.5. The van der Waals surface area contributed by atoms with E-state index in [-0.39, 0.29) is 11.4 Å². The highest BCUT2D eigenvalue weighted by molar-refractivity contribution is 7.12. The SMILES string of the molecule is O=C(O)Cc1nc(-c2ccc(C(F)(F)F)cc2)c(C(c2ccc(C(F)(F)F)cc2)N2CCCCC2)s1. The van der Waals surface area contributed by atoms with Crippen LogP contribution in [0.2, 0.25) is 0 Å². The zero-order valence-electron chi connectivity index (χ0n) is 18.9. The van der Waals surface area contributed by atoms with E-state index in [4.69, 9.17) is 0 Å². The van der Waals surface area contributed by atoms with Crippen LogP contribution in [-0.4, -0.2) is 34.0 Å². The van der Waals surface area contributed by atoms with Crippen LogP contribution in [0.15, 0.2) is 48.5 Å². The smallest absolute Gasteiger partial charge is 0.416 e. The summed E-state index contributed by atoms with van der Waals surface area (Å²) in [6, 6.07) is 8.71. The fraction of sp³-hybridized carbons (Fsp3) is 0.360. The van der Waals surface area contributed by atoms with Crippen LogP contribution in [0.25, 0.3) is 11.3 Å². The molecule has 0 bridgehead atoms. The van der Waals surface area contributed by atoms with Gasteiger partial charge in [0.25, 0.3) is 0 Å². The Kier molecular flexibility index (Phi) is 7.42. The van der Waals surface area contributed by atoms with Gasteiger partial charge in [0.1, 0.15) is 5.01 Å². The molecule has 1 saturated heterocycles. The second kappa shape index (κ2) is 10.2. The van der Waals surface area contributed by atoms with Crippen molar-refractivity contribution in [1.29, 1.82) is 0 Å². The lowest BCUT2D eigenvalue weighted by molar-refractivity contribution is -0.138. The van der Waals surface area contributed by atoms with E-state index in [1.54, 1.807) is 0 Å². The Bertz CT molecular complexity index is 1200. The van der Waals surface area contributed by atoms with Gasteiger partial charge in [-0.05, 0) is 55.8 Å². The van der Waals surface area contributed by atoms with E-state index in [2.05, 4.69) is 9.88 Å². The van der Waals surface area contributed by atoms with Crippen molar-refractivity contribution in [3.8, 4) is 11.3 Å². The summed E-state index contributed by atoms with van der Waals surface area (Å²) in [7, 11) is 0.